The zero-order valence-corrected chi connectivity index (χ0v) is 14.5. The van der Waals surface area contributed by atoms with Crippen LogP contribution in [0, 0.1) is 0 Å². The molecular weight excluding hydrogens is 328 g/mol. The van der Waals surface area contributed by atoms with Crippen molar-refractivity contribution >= 4 is 22.7 Å². The van der Waals surface area contributed by atoms with Crippen LogP contribution >= 0.6 is 0 Å². The maximum Gasteiger partial charge on any atom is 0.289 e. The van der Waals surface area contributed by atoms with Crippen LogP contribution in [0.15, 0.2) is 40.8 Å². The first-order chi connectivity index (χ1) is 12.8. The summed E-state index contributed by atoms with van der Waals surface area (Å²) in [6.45, 7) is 2.85. The summed E-state index contributed by atoms with van der Waals surface area (Å²) in [6.07, 6.45) is 3.32. The normalized spacial score (nSPS) is 16.9. The molecule has 26 heavy (non-hydrogen) atoms. The van der Waals surface area contributed by atoms with Gasteiger partial charge >= 0.3 is 0 Å². The Bertz CT molecular complexity index is 940. The zero-order valence-electron chi connectivity index (χ0n) is 14.5. The lowest BCUT2D eigenvalue weighted by molar-refractivity contribution is 0.0717. The molecule has 1 saturated heterocycles. The Morgan fingerprint density at radius 2 is 1.85 bits per heavy atom. The quantitative estimate of drug-likeness (QED) is 0.712. The number of carbonyl (C=O) groups excluding carboxylic acids is 1. The number of benzene rings is 1. The molecule has 0 atom stereocenters. The third-order valence-corrected chi connectivity index (χ3v) is 5.33. The monoisotopic (exact) mass is 348 g/mol. The molecule has 0 radical (unpaired) electrons. The number of amides is 1. The van der Waals surface area contributed by atoms with E-state index in [4.69, 9.17) is 4.42 Å². The average Bonchev–Trinajstić information content (AvgIpc) is 3.33. The van der Waals surface area contributed by atoms with Crippen LogP contribution in [0.1, 0.15) is 28.2 Å². The molecule has 1 aromatic carbocycles. The molecule has 6 heteroatoms. The van der Waals surface area contributed by atoms with Gasteiger partial charge in [-0.3, -0.25) is 4.79 Å². The van der Waals surface area contributed by atoms with Crippen LogP contribution < -0.4 is 4.90 Å². The molecule has 3 heterocycles. The van der Waals surface area contributed by atoms with Gasteiger partial charge in [0, 0.05) is 31.6 Å². The highest BCUT2D eigenvalue weighted by molar-refractivity contribution is 5.96. The number of rotatable bonds is 2. The molecule has 3 aromatic rings. The topological polar surface area (TPSA) is 62.5 Å². The van der Waals surface area contributed by atoms with Gasteiger partial charge in [-0.2, -0.15) is 5.10 Å². The van der Waals surface area contributed by atoms with E-state index in [9.17, 15) is 4.79 Å². The molecule has 2 aliphatic rings. The second kappa shape index (κ2) is 6.12. The average molecular weight is 348 g/mol. The third-order valence-electron chi connectivity index (χ3n) is 5.33. The standard InChI is InChI=1S/C20H20N4O2/c25-20(18-12-15-4-1-2-7-17(15)26-18)24-10-8-23(9-11-24)19-13-14-5-3-6-16(14)21-22-19/h1-2,4,7,12-13H,3,5-6,8-11H2. The van der Waals surface area contributed by atoms with E-state index in [1.807, 2.05) is 35.2 Å². The molecule has 0 unspecified atom stereocenters. The highest BCUT2D eigenvalue weighted by Gasteiger charge is 2.26. The summed E-state index contributed by atoms with van der Waals surface area (Å²) in [6, 6.07) is 11.7. The van der Waals surface area contributed by atoms with E-state index in [0.717, 1.165) is 48.4 Å². The van der Waals surface area contributed by atoms with Crippen LogP contribution in [-0.2, 0) is 12.8 Å². The first-order valence-corrected chi connectivity index (χ1v) is 9.16. The summed E-state index contributed by atoms with van der Waals surface area (Å²) in [5.41, 5.74) is 3.23. The van der Waals surface area contributed by atoms with Crippen molar-refractivity contribution in [2.45, 2.75) is 19.3 Å². The van der Waals surface area contributed by atoms with Gasteiger partial charge < -0.3 is 14.2 Å². The van der Waals surface area contributed by atoms with Gasteiger partial charge in [0.2, 0.25) is 0 Å². The fraction of sp³-hybridized carbons (Fsp3) is 0.350. The van der Waals surface area contributed by atoms with Crippen LogP contribution in [0.2, 0.25) is 0 Å². The van der Waals surface area contributed by atoms with Crippen LogP contribution in [-0.4, -0.2) is 47.2 Å². The molecular formula is C20H20N4O2. The van der Waals surface area contributed by atoms with Gasteiger partial charge in [0.05, 0.1) is 5.69 Å². The van der Waals surface area contributed by atoms with Crippen molar-refractivity contribution in [3.05, 3.63) is 53.4 Å². The number of anilines is 1. The Labute approximate surface area is 151 Å². The third kappa shape index (κ3) is 2.62. The molecule has 1 fully saturated rings. The number of aromatic nitrogens is 2. The summed E-state index contributed by atoms with van der Waals surface area (Å²) >= 11 is 0. The van der Waals surface area contributed by atoms with Crippen molar-refractivity contribution in [3.63, 3.8) is 0 Å². The molecule has 0 bridgehead atoms. The Hall–Kier alpha value is -2.89. The number of hydrogen-bond donors (Lipinski definition) is 0. The van der Waals surface area contributed by atoms with E-state index in [1.165, 1.54) is 12.0 Å². The Kier molecular flexibility index (Phi) is 3.62. The molecule has 1 aliphatic carbocycles. The number of piperazine rings is 1. The molecule has 0 N–H and O–H groups in total. The molecule has 2 aromatic heterocycles. The first-order valence-electron chi connectivity index (χ1n) is 9.16. The fourth-order valence-corrected chi connectivity index (χ4v) is 3.85. The summed E-state index contributed by atoms with van der Waals surface area (Å²) < 4.78 is 5.72. The summed E-state index contributed by atoms with van der Waals surface area (Å²) in [7, 11) is 0. The SMILES string of the molecule is O=C(c1cc2ccccc2o1)N1CCN(c2cc3c(nn2)CCC3)CC1. The largest absolute Gasteiger partial charge is 0.451 e. The highest BCUT2D eigenvalue weighted by Crippen LogP contribution is 2.24. The first kappa shape index (κ1) is 15.4. The smallest absolute Gasteiger partial charge is 0.289 e. The van der Waals surface area contributed by atoms with E-state index >= 15 is 0 Å². The van der Waals surface area contributed by atoms with Crippen LogP contribution in [0.3, 0.4) is 0 Å². The predicted octanol–water partition coefficient (Wildman–Crippen LogP) is 2.67. The van der Waals surface area contributed by atoms with E-state index in [-0.39, 0.29) is 5.91 Å². The zero-order chi connectivity index (χ0) is 17.5. The van der Waals surface area contributed by atoms with Crippen LogP contribution in [0.4, 0.5) is 5.82 Å². The van der Waals surface area contributed by atoms with E-state index in [0.29, 0.717) is 18.8 Å². The van der Waals surface area contributed by atoms with Gasteiger partial charge in [-0.05, 0) is 43.0 Å². The second-order valence-electron chi connectivity index (χ2n) is 6.96. The van der Waals surface area contributed by atoms with Crippen LogP contribution in [0.5, 0.6) is 0 Å². The molecule has 6 nitrogen and oxygen atoms in total. The van der Waals surface area contributed by atoms with Crippen molar-refractivity contribution in [1.29, 1.82) is 0 Å². The van der Waals surface area contributed by atoms with Gasteiger partial charge in [0.1, 0.15) is 5.58 Å². The van der Waals surface area contributed by atoms with Crippen molar-refractivity contribution in [1.82, 2.24) is 15.1 Å². The summed E-state index contributed by atoms with van der Waals surface area (Å²) in [5.74, 6) is 1.30. The number of hydrogen-bond acceptors (Lipinski definition) is 5. The van der Waals surface area contributed by atoms with Gasteiger partial charge in [0.25, 0.3) is 5.91 Å². The Morgan fingerprint density at radius 3 is 2.69 bits per heavy atom. The minimum Gasteiger partial charge on any atom is -0.451 e. The van der Waals surface area contributed by atoms with E-state index in [1.54, 1.807) is 0 Å². The number of carbonyl (C=O) groups is 1. The van der Waals surface area contributed by atoms with Crippen LogP contribution in [0.25, 0.3) is 11.0 Å². The van der Waals surface area contributed by atoms with Crippen molar-refractivity contribution in [3.8, 4) is 0 Å². The van der Waals surface area contributed by atoms with E-state index in [2.05, 4.69) is 21.2 Å². The number of para-hydroxylation sites is 1. The fourth-order valence-electron chi connectivity index (χ4n) is 3.85. The van der Waals surface area contributed by atoms with Gasteiger partial charge in [-0.25, -0.2) is 0 Å². The number of aryl methyl sites for hydroxylation is 2. The number of furan rings is 1. The number of nitrogens with zero attached hydrogens (tertiary/aromatic N) is 4. The summed E-state index contributed by atoms with van der Waals surface area (Å²) in [4.78, 5) is 16.8. The minimum atomic E-state index is -0.0408. The minimum absolute atomic E-state index is 0.0408. The Morgan fingerprint density at radius 1 is 1.00 bits per heavy atom. The summed E-state index contributed by atoms with van der Waals surface area (Å²) in [5, 5.41) is 9.72. The number of fused-ring (bicyclic) bond motifs is 2. The molecule has 0 spiro atoms. The molecule has 1 amide bonds. The lowest BCUT2D eigenvalue weighted by Gasteiger charge is -2.34. The Balaban J connectivity index is 1.28. The maximum absolute atomic E-state index is 12.8. The maximum atomic E-state index is 12.8. The molecule has 132 valence electrons. The molecule has 1 aliphatic heterocycles. The molecule has 5 rings (SSSR count). The molecule has 0 saturated carbocycles. The van der Waals surface area contributed by atoms with Gasteiger partial charge in [0.15, 0.2) is 11.6 Å². The van der Waals surface area contributed by atoms with Crippen molar-refractivity contribution < 1.29 is 9.21 Å². The lowest BCUT2D eigenvalue weighted by atomic mass is 10.2. The second-order valence-corrected chi connectivity index (χ2v) is 6.96. The van der Waals surface area contributed by atoms with Crippen molar-refractivity contribution in [2.75, 3.05) is 31.1 Å². The predicted molar refractivity (Wildman–Crippen MR) is 98.4 cm³/mol. The van der Waals surface area contributed by atoms with Gasteiger partial charge in [-0.1, -0.05) is 18.2 Å². The van der Waals surface area contributed by atoms with E-state index < -0.39 is 0 Å². The lowest BCUT2D eigenvalue weighted by Crippen LogP contribution is -2.49. The van der Waals surface area contributed by atoms with Crippen molar-refractivity contribution in [2.24, 2.45) is 0 Å². The highest BCUT2D eigenvalue weighted by atomic mass is 16.3. The van der Waals surface area contributed by atoms with Gasteiger partial charge in [-0.15, -0.1) is 5.10 Å².